The summed E-state index contributed by atoms with van der Waals surface area (Å²) in [6.07, 6.45) is 2.08. The molecule has 1 aromatic heterocycles. The van der Waals surface area contributed by atoms with Crippen molar-refractivity contribution in [1.29, 1.82) is 0 Å². The number of H-pyrrole nitrogens is 1. The molecule has 0 spiro atoms. The topological polar surface area (TPSA) is 15.8 Å². The molecule has 0 fully saturated rings. The van der Waals surface area contributed by atoms with Crippen molar-refractivity contribution in [2.75, 3.05) is 0 Å². The average Bonchev–Trinajstić information content (AvgIpc) is 2.74. The zero-order valence-corrected chi connectivity index (χ0v) is 9.12. The maximum Gasteiger partial charge on any atom is 0.0460 e. The second-order valence-corrected chi connectivity index (χ2v) is 3.99. The number of rotatable bonds is 1. The lowest BCUT2D eigenvalue weighted by Gasteiger charge is -2.03. The van der Waals surface area contributed by atoms with E-state index >= 15 is 0 Å². The molecule has 1 heterocycles. The van der Waals surface area contributed by atoms with Crippen LogP contribution in [0.4, 0.5) is 0 Å². The molecule has 0 aliphatic rings. The van der Waals surface area contributed by atoms with Gasteiger partial charge < -0.3 is 4.98 Å². The summed E-state index contributed by atoms with van der Waals surface area (Å²) in [7, 11) is 0. The Hall–Kier alpha value is -2.02. The van der Waals surface area contributed by atoms with Crippen LogP contribution in [0.1, 0.15) is 5.56 Å². The standard InChI is InChI=1S/C15H12N/c1-11-6-2-3-7-12(11)14-10-16-15-9-5-4-8-13(14)15/h3-10,16H,1H3. The SMILES string of the molecule is Cc1c[c]ccc1-c1c[nH]c2ccccc12. The van der Waals surface area contributed by atoms with E-state index in [-0.39, 0.29) is 0 Å². The molecular formula is C15H12N. The Balaban J connectivity index is 2.31. The van der Waals surface area contributed by atoms with Gasteiger partial charge in [-0.3, -0.25) is 0 Å². The van der Waals surface area contributed by atoms with Gasteiger partial charge in [-0.15, -0.1) is 0 Å². The van der Waals surface area contributed by atoms with E-state index in [1.807, 2.05) is 18.2 Å². The number of aromatic nitrogens is 1. The molecule has 0 aliphatic carbocycles. The minimum absolute atomic E-state index is 1.18. The van der Waals surface area contributed by atoms with Crippen LogP contribution in [0, 0.1) is 13.0 Å². The Morgan fingerprint density at radius 2 is 1.94 bits per heavy atom. The van der Waals surface area contributed by atoms with E-state index in [2.05, 4.69) is 48.4 Å². The summed E-state index contributed by atoms with van der Waals surface area (Å²) in [4.78, 5) is 3.30. The molecule has 3 aromatic rings. The summed E-state index contributed by atoms with van der Waals surface area (Å²) >= 11 is 0. The number of hydrogen-bond acceptors (Lipinski definition) is 0. The van der Waals surface area contributed by atoms with Crippen molar-refractivity contribution < 1.29 is 0 Å². The van der Waals surface area contributed by atoms with E-state index < -0.39 is 0 Å². The van der Waals surface area contributed by atoms with Crippen LogP contribution in [0.25, 0.3) is 22.0 Å². The first-order valence-corrected chi connectivity index (χ1v) is 5.39. The van der Waals surface area contributed by atoms with E-state index in [4.69, 9.17) is 0 Å². The van der Waals surface area contributed by atoms with Gasteiger partial charge in [-0.25, -0.2) is 0 Å². The fraction of sp³-hybridized carbons (Fsp3) is 0.0667. The van der Waals surface area contributed by atoms with Crippen molar-refractivity contribution in [2.24, 2.45) is 0 Å². The highest BCUT2D eigenvalue weighted by Crippen LogP contribution is 2.30. The van der Waals surface area contributed by atoms with Gasteiger partial charge >= 0.3 is 0 Å². The lowest BCUT2D eigenvalue weighted by molar-refractivity contribution is 1.44. The Morgan fingerprint density at radius 1 is 1.06 bits per heavy atom. The third-order valence-corrected chi connectivity index (χ3v) is 2.95. The molecule has 0 atom stereocenters. The van der Waals surface area contributed by atoms with Crippen LogP contribution in [-0.4, -0.2) is 4.98 Å². The molecule has 0 unspecified atom stereocenters. The first-order chi connectivity index (χ1) is 7.86. The van der Waals surface area contributed by atoms with Crippen LogP contribution in [0.2, 0.25) is 0 Å². The monoisotopic (exact) mass is 206 g/mol. The predicted molar refractivity (Wildman–Crippen MR) is 67.3 cm³/mol. The second kappa shape index (κ2) is 3.53. The van der Waals surface area contributed by atoms with Crippen molar-refractivity contribution in [1.82, 2.24) is 4.98 Å². The molecule has 1 radical (unpaired) electrons. The summed E-state index contributed by atoms with van der Waals surface area (Å²) in [5.41, 5.74) is 4.98. The van der Waals surface area contributed by atoms with E-state index in [9.17, 15) is 0 Å². The van der Waals surface area contributed by atoms with Crippen LogP contribution < -0.4 is 0 Å². The van der Waals surface area contributed by atoms with Crippen LogP contribution >= 0.6 is 0 Å². The van der Waals surface area contributed by atoms with E-state index in [0.29, 0.717) is 0 Å². The summed E-state index contributed by atoms with van der Waals surface area (Å²) < 4.78 is 0. The minimum atomic E-state index is 1.18. The van der Waals surface area contributed by atoms with Crippen LogP contribution in [0.5, 0.6) is 0 Å². The molecule has 0 saturated heterocycles. The van der Waals surface area contributed by atoms with Gasteiger partial charge in [0.05, 0.1) is 0 Å². The van der Waals surface area contributed by atoms with E-state index in [1.165, 1.54) is 27.6 Å². The molecule has 16 heavy (non-hydrogen) atoms. The van der Waals surface area contributed by atoms with Gasteiger partial charge in [0.25, 0.3) is 0 Å². The Morgan fingerprint density at radius 3 is 2.81 bits per heavy atom. The Kier molecular flexibility index (Phi) is 2.03. The number of aryl methyl sites for hydroxylation is 1. The van der Waals surface area contributed by atoms with Crippen molar-refractivity contribution >= 4 is 10.9 Å². The lowest BCUT2D eigenvalue weighted by Crippen LogP contribution is -1.80. The molecular weight excluding hydrogens is 194 g/mol. The van der Waals surface area contributed by atoms with Crippen molar-refractivity contribution in [2.45, 2.75) is 6.92 Å². The maximum absolute atomic E-state index is 3.30. The number of nitrogens with one attached hydrogen (secondary N) is 1. The van der Waals surface area contributed by atoms with Gasteiger partial charge in [-0.1, -0.05) is 36.4 Å². The number of fused-ring (bicyclic) bond motifs is 1. The molecule has 0 bridgehead atoms. The highest BCUT2D eigenvalue weighted by Gasteiger charge is 2.06. The van der Waals surface area contributed by atoms with Gasteiger partial charge in [0, 0.05) is 22.7 Å². The van der Waals surface area contributed by atoms with Gasteiger partial charge in [0.1, 0.15) is 0 Å². The van der Waals surface area contributed by atoms with Gasteiger partial charge in [0.2, 0.25) is 0 Å². The molecule has 2 aromatic carbocycles. The predicted octanol–water partition coefficient (Wildman–Crippen LogP) is 3.94. The smallest absolute Gasteiger partial charge is 0.0460 e. The number of aromatic amines is 1. The molecule has 77 valence electrons. The summed E-state index contributed by atoms with van der Waals surface area (Å²) in [5.74, 6) is 0. The van der Waals surface area contributed by atoms with Crippen LogP contribution in [0.15, 0.2) is 48.7 Å². The zero-order chi connectivity index (χ0) is 11.0. The third kappa shape index (κ3) is 1.33. The summed E-state index contributed by atoms with van der Waals surface area (Å²) in [6, 6.07) is 17.6. The van der Waals surface area contributed by atoms with Crippen molar-refractivity contribution in [3.8, 4) is 11.1 Å². The Bertz CT molecular complexity index is 634. The van der Waals surface area contributed by atoms with Gasteiger partial charge in [-0.05, 0) is 30.2 Å². The fourth-order valence-electron chi connectivity index (χ4n) is 2.11. The highest BCUT2D eigenvalue weighted by atomic mass is 14.7. The number of para-hydroxylation sites is 1. The van der Waals surface area contributed by atoms with Crippen molar-refractivity contribution in [3.63, 3.8) is 0 Å². The lowest BCUT2D eigenvalue weighted by atomic mass is 10.0. The first kappa shape index (κ1) is 9.22. The largest absolute Gasteiger partial charge is 0.361 e. The first-order valence-electron chi connectivity index (χ1n) is 5.39. The Labute approximate surface area is 94.7 Å². The second-order valence-electron chi connectivity index (χ2n) is 3.99. The van der Waals surface area contributed by atoms with Gasteiger partial charge in [-0.2, -0.15) is 0 Å². The number of benzene rings is 2. The number of hydrogen-bond donors (Lipinski definition) is 1. The molecule has 1 nitrogen and oxygen atoms in total. The third-order valence-electron chi connectivity index (χ3n) is 2.95. The summed E-state index contributed by atoms with van der Waals surface area (Å²) in [6.45, 7) is 2.12. The van der Waals surface area contributed by atoms with E-state index in [1.54, 1.807) is 0 Å². The zero-order valence-electron chi connectivity index (χ0n) is 9.12. The molecule has 0 amide bonds. The molecule has 3 rings (SSSR count). The van der Waals surface area contributed by atoms with Gasteiger partial charge in [0.15, 0.2) is 0 Å². The quantitative estimate of drug-likeness (QED) is 0.620. The average molecular weight is 206 g/mol. The van der Waals surface area contributed by atoms with E-state index in [0.717, 1.165) is 0 Å². The van der Waals surface area contributed by atoms with Crippen LogP contribution in [0.3, 0.4) is 0 Å². The maximum atomic E-state index is 3.30. The minimum Gasteiger partial charge on any atom is -0.361 e. The van der Waals surface area contributed by atoms with Crippen LogP contribution in [-0.2, 0) is 0 Å². The highest BCUT2D eigenvalue weighted by molar-refractivity contribution is 5.96. The summed E-state index contributed by atoms with van der Waals surface area (Å²) in [5, 5.41) is 1.27. The molecule has 0 aliphatic heterocycles. The fourth-order valence-corrected chi connectivity index (χ4v) is 2.11. The molecule has 1 heteroatoms. The molecule has 1 N–H and O–H groups in total. The normalized spacial score (nSPS) is 10.8. The molecule has 0 saturated carbocycles. The van der Waals surface area contributed by atoms with Crippen molar-refractivity contribution in [3.05, 3.63) is 60.3 Å².